The fourth-order valence-corrected chi connectivity index (χ4v) is 1.84. The van der Waals surface area contributed by atoms with Crippen molar-refractivity contribution in [3.05, 3.63) is 28.2 Å². The quantitative estimate of drug-likeness (QED) is 0.785. The lowest BCUT2D eigenvalue weighted by Crippen LogP contribution is -2.09. The average Bonchev–Trinajstić information content (AvgIpc) is 2.29. The summed E-state index contributed by atoms with van der Waals surface area (Å²) < 4.78 is 11.9. The van der Waals surface area contributed by atoms with E-state index in [1.165, 1.54) is 0 Å². The van der Waals surface area contributed by atoms with Gasteiger partial charge in [-0.3, -0.25) is 0 Å². The van der Waals surface area contributed by atoms with E-state index in [1.807, 2.05) is 18.2 Å². The van der Waals surface area contributed by atoms with Gasteiger partial charge in [0, 0.05) is 23.2 Å². The van der Waals surface area contributed by atoms with Crippen molar-refractivity contribution in [2.45, 2.75) is 19.9 Å². The van der Waals surface area contributed by atoms with Crippen LogP contribution in [0.5, 0.6) is 5.75 Å². The number of hydrogen-bond acceptors (Lipinski definition) is 3. The third-order valence-electron chi connectivity index (χ3n) is 2.11. The lowest BCUT2D eigenvalue weighted by atomic mass is 10.2. The van der Waals surface area contributed by atoms with Crippen molar-refractivity contribution >= 4 is 15.9 Å². The van der Waals surface area contributed by atoms with Gasteiger partial charge in [0.2, 0.25) is 0 Å². The zero-order chi connectivity index (χ0) is 11.8. The number of nitrogens with two attached hydrogens (primary N) is 1. The van der Waals surface area contributed by atoms with Gasteiger partial charge in [0.1, 0.15) is 12.4 Å². The average molecular weight is 288 g/mol. The molecule has 90 valence electrons. The molecule has 0 spiro atoms. The van der Waals surface area contributed by atoms with Gasteiger partial charge in [-0.15, -0.1) is 0 Å². The molecule has 2 N–H and O–H groups in total. The maximum Gasteiger partial charge on any atom is 0.125 e. The molecule has 1 aromatic rings. The monoisotopic (exact) mass is 287 g/mol. The summed E-state index contributed by atoms with van der Waals surface area (Å²) in [6, 6.07) is 5.82. The van der Waals surface area contributed by atoms with Crippen molar-refractivity contribution in [3.8, 4) is 5.75 Å². The lowest BCUT2D eigenvalue weighted by molar-refractivity contribution is 0.100. The number of rotatable bonds is 7. The largest absolute Gasteiger partial charge is 0.491 e. The Hall–Kier alpha value is -0.580. The fraction of sp³-hybridized carbons (Fsp3) is 0.500. The molecule has 0 fully saturated rings. The van der Waals surface area contributed by atoms with Crippen LogP contribution in [0.4, 0.5) is 0 Å². The van der Waals surface area contributed by atoms with E-state index in [0.717, 1.165) is 28.8 Å². The van der Waals surface area contributed by atoms with Crippen LogP contribution in [0.1, 0.15) is 18.9 Å². The van der Waals surface area contributed by atoms with E-state index in [0.29, 0.717) is 19.8 Å². The molecular weight excluding hydrogens is 270 g/mol. The number of ether oxygens (including phenoxy) is 2. The normalized spacial score (nSPS) is 10.4. The van der Waals surface area contributed by atoms with Crippen molar-refractivity contribution in [2.24, 2.45) is 5.73 Å². The Labute approximate surface area is 105 Å². The van der Waals surface area contributed by atoms with Crippen molar-refractivity contribution in [1.29, 1.82) is 0 Å². The predicted molar refractivity (Wildman–Crippen MR) is 68.6 cm³/mol. The molecule has 0 heterocycles. The standard InChI is InChI=1S/C12H18BrNO2/c1-2-6-15-7-8-16-12-5-3-4-11(13)10(12)9-14/h3-5H,2,6-9,14H2,1H3. The highest BCUT2D eigenvalue weighted by atomic mass is 79.9. The van der Waals surface area contributed by atoms with Crippen LogP contribution in [0, 0.1) is 0 Å². The minimum absolute atomic E-state index is 0.465. The molecule has 4 heteroatoms. The molecule has 0 aliphatic heterocycles. The molecule has 0 aromatic heterocycles. The summed E-state index contributed by atoms with van der Waals surface area (Å²) in [6.45, 7) is 4.51. The Morgan fingerprint density at radius 1 is 1.25 bits per heavy atom. The van der Waals surface area contributed by atoms with Gasteiger partial charge >= 0.3 is 0 Å². The molecule has 0 aliphatic carbocycles. The predicted octanol–water partition coefficient (Wildman–Crippen LogP) is 2.71. The number of hydrogen-bond donors (Lipinski definition) is 1. The van der Waals surface area contributed by atoms with E-state index in [-0.39, 0.29) is 0 Å². The first kappa shape index (κ1) is 13.5. The first-order valence-electron chi connectivity index (χ1n) is 5.47. The topological polar surface area (TPSA) is 44.5 Å². The highest BCUT2D eigenvalue weighted by molar-refractivity contribution is 9.10. The van der Waals surface area contributed by atoms with Crippen molar-refractivity contribution in [3.63, 3.8) is 0 Å². The first-order chi connectivity index (χ1) is 7.79. The summed E-state index contributed by atoms with van der Waals surface area (Å²) in [6.07, 6.45) is 1.03. The first-order valence-corrected chi connectivity index (χ1v) is 6.27. The zero-order valence-corrected chi connectivity index (χ0v) is 11.1. The summed E-state index contributed by atoms with van der Waals surface area (Å²) in [5.41, 5.74) is 6.66. The number of halogens is 1. The molecule has 0 saturated carbocycles. The molecule has 0 saturated heterocycles. The van der Waals surface area contributed by atoms with E-state index >= 15 is 0 Å². The van der Waals surface area contributed by atoms with Gasteiger partial charge < -0.3 is 15.2 Å². The van der Waals surface area contributed by atoms with Crippen LogP contribution in [0.15, 0.2) is 22.7 Å². The summed E-state index contributed by atoms with van der Waals surface area (Å²) in [7, 11) is 0. The van der Waals surface area contributed by atoms with Gasteiger partial charge in [0.05, 0.1) is 6.61 Å². The summed E-state index contributed by atoms with van der Waals surface area (Å²) in [5.74, 6) is 0.831. The molecule has 0 atom stereocenters. The molecular formula is C12H18BrNO2. The van der Waals surface area contributed by atoms with Gasteiger partial charge in [-0.05, 0) is 18.6 Å². The van der Waals surface area contributed by atoms with Crippen LogP contribution in [0.25, 0.3) is 0 Å². The van der Waals surface area contributed by atoms with Gasteiger partial charge in [-0.2, -0.15) is 0 Å². The maximum atomic E-state index is 5.66. The van der Waals surface area contributed by atoms with E-state index in [2.05, 4.69) is 22.9 Å². The van der Waals surface area contributed by atoms with Crippen LogP contribution in [0.2, 0.25) is 0 Å². The second-order valence-electron chi connectivity index (χ2n) is 3.38. The van der Waals surface area contributed by atoms with Crippen molar-refractivity contribution in [2.75, 3.05) is 19.8 Å². The Balaban J connectivity index is 2.44. The van der Waals surface area contributed by atoms with Crippen LogP contribution in [-0.4, -0.2) is 19.8 Å². The zero-order valence-electron chi connectivity index (χ0n) is 9.54. The lowest BCUT2D eigenvalue weighted by Gasteiger charge is -2.11. The summed E-state index contributed by atoms with van der Waals surface area (Å²) >= 11 is 3.45. The molecule has 0 aliphatic rings. The van der Waals surface area contributed by atoms with E-state index in [1.54, 1.807) is 0 Å². The molecule has 0 unspecified atom stereocenters. The Morgan fingerprint density at radius 3 is 2.75 bits per heavy atom. The minimum Gasteiger partial charge on any atom is -0.491 e. The summed E-state index contributed by atoms with van der Waals surface area (Å²) in [4.78, 5) is 0. The summed E-state index contributed by atoms with van der Waals surface area (Å²) in [5, 5.41) is 0. The molecule has 1 rings (SSSR count). The van der Waals surface area contributed by atoms with Gasteiger partial charge in [0.15, 0.2) is 0 Å². The third kappa shape index (κ3) is 4.12. The molecule has 1 aromatic carbocycles. The van der Waals surface area contributed by atoms with Crippen LogP contribution in [0.3, 0.4) is 0 Å². The van der Waals surface area contributed by atoms with E-state index < -0.39 is 0 Å². The van der Waals surface area contributed by atoms with Gasteiger partial charge in [0.25, 0.3) is 0 Å². The molecule has 0 amide bonds. The smallest absolute Gasteiger partial charge is 0.125 e. The highest BCUT2D eigenvalue weighted by Gasteiger charge is 2.05. The Bertz CT molecular complexity index is 318. The maximum absolute atomic E-state index is 5.66. The van der Waals surface area contributed by atoms with Crippen LogP contribution >= 0.6 is 15.9 Å². The molecule has 0 bridgehead atoms. The van der Waals surface area contributed by atoms with Gasteiger partial charge in [-0.25, -0.2) is 0 Å². The fourth-order valence-electron chi connectivity index (χ4n) is 1.33. The van der Waals surface area contributed by atoms with Crippen LogP contribution in [-0.2, 0) is 11.3 Å². The second-order valence-corrected chi connectivity index (χ2v) is 4.24. The molecule has 0 radical (unpaired) electrons. The highest BCUT2D eigenvalue weighted by Crippen LogP contribution is 2.26. The van der Waals surface area contributed by atoms with Crippen LogP contribution < -0.4 is 10.5 Å². The van der Waals surface area contributed by atoms with E-state index in [9.17, 15) is 0 Å². The second kappa shape index (κ2) is 7.65. The van der Waals surface area contributed by atoms with E-state index in [4.69, 9.17) is 15.2 Å². The van der Waals surface area contributed by atoms with Gasteiger partial charge in [-0.1, -0.05) is 28.9 Å². The van der Waals surface area contributed by atoms with Crippen molar-refractivity contribution in [1.82, 2.24) is 0 Å². The third-order valence-corrected chi connectivity index (χ3v) is 2.86. The SMILES string of the molecule is CCCOCCOc1cccc(Br)c1CN. The molecule has 16 heavy (non-hydrogen) atoms. The van der Waals surface area contributed by atoms with Crippen molar-refractivity contribution < 1.29 is 9.47 Å². The Kier molecular flexibility index (Phi) is 6.45. The minimum atomic E-state index is 0.465. The number of benzene rings is 1. The Morgan fingerprint density at radius 2 is 2.06 bits per heavy atom. The molecule has 3 nitrogen and oxygen atoms in total.